The van der Waals surface area contributed by atoms with Gasteiger partial charge in [-0.15, -0.1) is 0 Å². The van der Waals surface area contributed by atoms with Gasteiger partial charge < -0.3 is 4.74 Å². The highest BCUT2D eigenvalue weighted by molar-refractivity contribution is 6.30. The molecule has 2 aromatic rings. The molecule has 5 heteroatoms. The Morgan fingerprint density at radius 3 is 2.35 bits per heavy atom. The normalized spacial score (nSPS) is 9.94. The first-order valence-electron chi connectivity index (χ1n) is 4.83. The van der Waals surface area contributed by atoms with E-state index in [1.807, 2.05) is 0 Å². The molecule has 2 rings (SSSR count). The number of nitro groups is 1. The van der Waals surface area contributed by atoms with E-state index in [0.717, 1.165) is 0 Å². The van der Waals surface area contributed by atoms with Gasteiger partial charge in [0.05, 0.1) is 11.0 Å². The Labute approximate surface area is 103 Å². The highest BCUT2D eigenvalue weighted by Gasteiger charge is 2.06. The maximum atomic E-state index is 10.6. The molecule has 0 heterocycles. The van der Waals surface area contributed by atoms with Gasteiger partial charge in [0, 0.05) is 11.1 Å². The SMILES string of the molecule is O=[N+]([O-])c1cccc(Oc2cccc(Cl)c2)c1. The molecule has 2 aromatic carbocycles. The van der Waals surface area contributed by atoms with Crippen LogP contribution >= 0.6 is 11.6 Å². The van der Waals surface area contributed by atoms with Crippen LogP contribution in [0, 0.1) is 10.1 Å². The molecule has 86 valence electrons. The van der Waals surface area contributed by atoms with Gasteiger partial charge in [-0.2, -0.15) is 0 Å². The lowest BCUT2D eigenvalue weighted by molar-refractivity contribution is -0.384. The third-order valence-electron chi connectivity index (χ3n) is 2.06. The Morgan fingerprint density at radius 2 is 1.71 bits per heavy atom. The molecule has 0 N–H and O–H groups in total. The van der Waals surface area contributed by atoms with E-state index in [-0.39, 0.29) is 5.69 Å². The molecule has 4 nitrogen and oxygen atoms in total. The second-order valence-corrected chi connectivity index (χ2v) is 3.75. The van der Waals surface area contributed by atoms with Crippen molar-refractivity contribution in [3.05, 3.63) is 63.7 Å². The van der Waals surface area contributed by atoms with Gasteiger partial charge in [0.2, 0.25) is 0 Å². The predicted octanol–water partition coefficient (Wildman–Crippen LogP) is 4.04. The van der Waals surface area contributed by atoms with Crippen molar-refractivity contribution in [2.24, 2.45) is 0 Å². The fourth-order valence-electron chi connectivity index (χ4n) is 1.33. The number of nitro benzene ring substituents is 1. The first-order chi connectivity index (χ1) is 8.15. The Hall–Kier alpha value is -2.07. The van der Waals surface area contributed by atoms with Crippen molar-refractivity contribution in [1.29, 1.82) is 0 Å². The third-order valence-corrected chi connectivity index (χ3v) is 2.30. The molecule has 0 amide bonds. The third kappa shape index (κ3) is 2.95. The van der Waals surface area contributed by atoms with Crippen molar-refractivity contribution in [1.82, 2.24) is 0 Å². The molecule has 0 aliphatic heterocycles. The zero-order valence-corrected chi connectivity index (χ0v) is 9.42. The number of non-ortho nitro benzene ring substituents is 1. The van der Waals surface area contributed by atoms with Gasteiger partial charge in [-0.05, 0) is 24.3 Å². The molecule has 0 atom stereocenters. The number of benzene rings is 2. The summed E-state index contributed by atoms with van der Waals surface area (Å²) >= 11 is 5.80. The molecular weight excluding hydrogens is 242 g/mol. The average molecular weight is 250 g/mol. The van der Waals surface area contributed by atoms with E-state index < -0.39 is 4.92 Å². The molecule has 0 fully saturated rings. The van der Waals surface area contributed by atoms with E-state index in [1.54, 1.807) is 36.4 Å². The Balaban J connectivity index is 2.24. The lowest BCUT2D eigenvalue weighted by Gasteiger charge is -2.05. The molecule has 0 spiro atoms. The smallest absolute Gasteiger partial charge is 0.273 e. The summed E-state index contributed by atoms with van der Waals surface area (Å²) in [5.74, 6) is 0.944. The monoisotopic (exact) mass is 249 g/mol. The summed E-state index contributed by atoms with van der Waals surface area (Å²) in [6.45, 7) is 0. The fraction of sp³-hybridized carbons (Fsp3) is 0. The summed E-state index contributed by atoms with van der Waals surface area (Å²) in [5.41, 5.74) is -0.00970. The first kappa shape index (κ1) is 11.4. The number of hydrogen-bond acceptors (Lipinski definition) is 3. The van der Waals surface area contributed by atoms with Gasteiger partial charge in [0.25, 0.3) is 5.69 Å². The van der Waals surface area contributed by atoms with Crippen molar-refractivity contribution >= 4 is 17.3 Å². The maximum Gasteiger partial charge on any atom is 0.273 e. The number of halogens is 1. The van der Waals surface area contributed by atoms with Crippen LogP contribution in [-0.2, 0) is 0 Å². The van der Waals surface area contributed by atoms with Crippen LogP contribution in [0.3, 0.4) is 0 Å². The topological polar surface area (TPSA) is 52.4 Å². The van der Waals surface area contributed by atoms with Crippen LogP contribution in [0.2, 0.25) is 5.02 Å². The summed E-state index contributed by atoms with van der Waals surface area (Å²) < 4.78 is 5.46. The lowest BCUT2D eigenvalue weighted by Crippen LogP contribution is -1.89. The highest BCUT2D eigenvalue weighted by Crippen LogP contribution is 2.26. The van der Waals surface area contributed by atoms with E-state index in [9.17, 15) is 10.1 Å². The lowest BCUT2D eigenvalue weighted by atomic mass is 10.3. The van der Waals surface area contributed by atoms with E-state index in [1.165, 1.54) is 12.1 Å². The van der Waals surface area contributed by atoms with Gasteiger partial charge in [-0.3, -0.25) is 10.1 Å². The van der Waals surface area contributed by atoms with Crippen molar-refractivity contribution in [2.45, 2.75) is 0 Å². The number of hydrogen-bond donors (Lipinski definition) is 0. The second-order valence-electron chi connectivity index (χ2n) is 3.31. The number of rotatable bonds is 3. The molecule has 0 aliphatic carbocycles. The molecule has 0 bridgehead atoms. The summed E-state index contributed by atoms with van der Waals surface area (Å²) in [4.78, 5) is 10.1. The zero-order valence-electron chi connectivity index (χ0n) is 8.67. The molecule has 0 radical (unpaired) electrons. The van der Waals surface area contributed by atoms with E-state index >= 15 is 0 Å². The van der Waals surface area contributed by atoms with Crippen LogP contribution in [0.1, 0.15) is 0 Å². The van der Waals surface area contributed by atoms with Crippen LogP contribution in [-0.4, -0.2) is 4.92 Å². The molecule has 0 saturated carbocycles. The Morgan fingerprint density at radius 1 is 1.06 bits per heavy atom. The largest absolute Gasteiger partial charge is 0.457 e. The maximum absolute atomic E-state index is 10.6. The van der Waals surface area contributed by atoms with Gasteiger partial charge in [0.15, 0.2) is 0 Å². The van der Waals surface area contributed by atoms with Crippen molar-refractivity contribution < 1.29 is 9.66 Å². The van der Waals surface area contributed by atoms with Crippen LogP contribution in [0.25, 0.3) is 0 Å². The molecule has 0 aromatic heterocycles. The molecule has 0 aliphatic rings. The Bertz CT molecular complexity index is 557. The van der Waals surface area contributed by atoms with Crippen LogP contribution in [0.4, 0.5) is 5.69 Å². The molecule has 17 heavy (non-hydrogen) atoms. The Kier molecular flexibility index (Phi) is 3.25. The van der Waals surface area contributed by atoms with E-state index in [0.29, 0.717) is 16.5 Å². The van der Waals surface area contributed by atoms with Crippen molar-refractivity contribution in [3.8, 4) is 11.5 Å². The zero-order chi connectivity index (χ0) is 12.3. The van der Waals surface area contributed by atoms with Crippen molar-refractivity contribution in [3.63, 3.8) is 0 Å². The molecular formula is C12H8ClNO3. The van der Waals surface area contributed by atoms with Crippen LogP contribution in [0.15, 0.2) is 48.5 Å². The quantitative estimate of drug-likeness (QED) is 0.609. The van der Waals surface area contributed by atoms with Gasteiger partial charge in [0.1, 0.15) is 11.5 Å². The minimum Gasteiger partial charge on any atom is -0.457 e. The summed E-state index contributed by atoms with van der Waals surface area (Å²) in [6.07, 6.45) is 0. The van der Waals surface area contributed by atoms with Gasteiger partial charge in [-0.1, -0.05) is 23.7 Å². The number of ether oxygens (including phenoxy) is 1. The van der Waals surface area contributed by atoms with E-state index in [2.05, 4.69) is 0 Å². The second kappa shape index (κ2) is 4.84. The van der Waals surface area contributed by atoms with Gasteiger partial charge in [-0.25, -0.2) is 0 Å². The minimum atomic E-state index is -0.467. The summed E-state index contributed by atoms with van der Waals surface area (Å²) in [5, 5.41) is 11.1. The van der Waals surface area contributed by atoms with E-state index in [4.69, 9.17) is 16.3 Å². The first-order valence-corrected chi connectivity index (χ1v) is 5.21. The minimum absolute atomic E-state index is 0.00970. The standard InChI is InChI=1S/C12H8ClNO3/c13-9-3-1-5-11(7-9)17-12-6-2-4-10(8-12)14(15)16/h1-8H. The van der Waals surface area contributed by atoms with Crippen LogP contribution < -0.4 is 4.74 Å². The predicted molar refractivity (Wildman–Crippen MR) is 64.6 cm³/mol. The fourth-order valence-corrected chi connectivity index (χ4v) is 1.51. The van der Waals surface area contributed by atoms with Crippen LogP contribution in [0.5, 0.6) is 11.5 Å². The molecule has 0 unspecified atom stereocenters. The van der Waals surface area contributed by atoms with Gasteiger partial charge >= 0.3 is 0 Å². The highest BCUT2D eigenvalue weighted by atomic mass is 35.5. The molecule has 0 saturated heterocycles. The average Bonchev–Trinajstić information content (AvgIpc) is 2.29. The summed E-state index contributed by atoms with van der Waals surface area (Å²) in [6, 6.07) is 12.8. The van der Waals surface area contributed by atoms with Crippen molar-refractivity contribution in [2.75, 3.05) is 0 Å². The summed E-state index contributed by atoms with van der Waals surface area (Å²) in [7, 11) is 0. The number of nitrogens with zero attached hydrogens (tertiary/aromatic N) is 1.